The number of anilines is 1. The van der Waals surface area contributed by atoms with E-state index in [9.17, 15) is 4.79 Å². The van der Waals surface area contributed by atoms with E-state index in [2.05, 4.69) is 17.1 Å². The first-order chi connectivity index (χ1) is 8.69. The van der Waals surface area contributed by atoms with Crippen LogP contribution in [-0.2, 0) is 0 Å². The van der Waals surface area contributed by atoms with Gasteiger partial charge in [0.2, 0.25) is 0 Å². The number of nitrogens with one attached hydrogen (secondary N) is 1. The highest BCUT2D eigenvalue weighted by molar-refractivity contribution is 5.94. The Morgan fingerprint density at radius 3 is 2.60 bits per heavy atom. The van der Waals surface area contributed by atoms with E-state index in [1.165, 1.54) is 0 Å². The van der Waals surface area contributed by atoms with Gasteiger partial charge in [-0.1, -0.05) is 6.92 Å². The van der Waals surface area contributed by atoms with Crippen molar-refractivity contribution in [2.75, 3.05) is 25.4 Å². The fourth-order valence-electron chi connectivity index (χ4n) is 2.36. The minimum Gasteiger partial charge on any atom is -0.399 e. The predicted molar refractivity (Wildman–Crippen MR) is 88.0 cm³/mol. The molecule has 3 N–H and O–H groups in total. The van der Waals surface area contributed by atoms with Crippen molar-refractivity contribution < 1.29 is 4.79 Å². The van der Waals surface area contributed by atoms with E-state index in [1.54, 1.807) is 24.3 Å². The average Bonchev–Trinajstić information content (AvgIpc) is 2.39. The number of rotatable bonds is 3. The number of benzene rings is 1. The molecule has 1 aliphatic rings. The Labute approximate surface area is 132 Å². The monoisotopic (exact) mass is 319 g/mol. The van der Waals surface area contributed by atoms with Crippen LogP contribution in [0.15, 0.2) is 24.3 Å². The van der Waals surface area contributed by atoms with Crippen LogP contribution in [0.5, 0.6) is 0 Å². The summed E-state index contributed by atoms with van der Waals surface area (Å²) in [6.45, 7) is 5.31. The van der Waals surface area contributed by atoms with Gasteiger partial charge in [0.05, 0.1) is 0 Å². The predicted octanol–water partition coefficient (Wildman–Crippen LogP) is 2.33. The van der Waals surface area contributed by atoms with Gasteiger partial charge in [0.15, 0.2) is 0 Å². The average molecular weight is 320 g/mol. The highest BCUT2D eigenvalue weighted by Gasteiger charge is 2.20. The molecule has 2 rings (SSSR count). The molecule has 114 valence electrons. The Morgan fingerprint density at radius 1 is 1.35 bits per heavy atom. The van der Waals surface area contributed by atoms with Gasteiger partial charge in [-0.25, -0.2) is 0 Å². The molecule has 20 heavy (non-hydrogen) atoms. The van der Waals surface area contributed by atoms with Gasteiger partial charge in [0.1, 0.15) is 0 Å². The van der Waals surface area contributed by atoms with Crippen LogP contribution < -0.4 is 11.1 Å². The van der Waals surface area contributed by atoms with Gasteiger partial charge in [-0.2, -0.15) is 0 Å². The summed E-state index contributed by atoms with van der Waals surface area (Å²) in [4.78, 5) is 14.4. The zero-order chi connectivity index (χ0) is 13.0. The summed E-state index contributed by atoms with van der Waals surface area (Å²) in [5, 5.41) is 3.10. The number of nitrogens with zero attached hydrogens (tertiary/aromatic N) is 1. The summed E-state index contributed by atoms with van der Waals surface area (Å²) in [5.74, 6) is -0.00190. The first-order valence-corrected chi connectivity index (χ1v) is 6.58. The quantitative estimate of drug-likeness (QED) is 0.841. The molecule has 1 aromatic rings. The summed E-state index contributed by atoms with van der Waals surface area (Å²) in [6, 6.07) is 7.32. The first kappa shape index (κ1) is 19.0. The molecule has 0 aromatic heterocycles. The fourth-order valence-corrected chi connectivity index (χ4v) is 2.36. The second kappa shape index (κ2) is 9.06. The maximum Gasteiger partial charge on any atom is 0.251 e. The van der Waals surface area contributed by atoms with Crippen molar-refractivity contribution >= 4 is 36.4 Å². The third kappa shape index (κ3) is 5.19. The normalized spacial score (nSPS) is 18.6. The van der Waals surface area contributed by atoms with Crippen molar-refractivity contribution in [3.63, 3.8) is 0 Å². The summed E-state index contributed by atoms with van der Waals surface area (Å²) in [7, 11) is 0. The topological polar surface area (TPSA) is 58.4 Å². The van der Waals surface area contributed by atoms with Crippen molar-refractivity contribution in [2.45, 2.75) is 25.8 Å². The minimum absolute atomic E-state index is 0. The second-order valence-electron chi connectivity index (χ2n) is 4.83. The molecule has 1 aromatic carbocycles. The van der Waals surface area contributed by atoms with E-state index in [0.29, 0.717) is 11.3 Å². The lowest BCUT2D eigenvalue weighted by molar-refractivity contribution is 0.0906. The van der Waals surface area contributed by atoms with Crippen LogP contribution in [-0.4, -0.2) is 36.5 Å². The molecule has 1 amide bonds. The Kier molecular flexibility index (Phi) is 8.62. The number of carbonyl (C=O) groups excluding carboxylic acids is 1. The first-order valence-electron chi connectivity index (χ1n) is 6.58. The number of piperidine rings is 1. The zero-order valence-corrected chi connectivity index (χ0v) is 13.3. The van der Waals surface area contributed by atoms with Crippen LogP contribution in [0, 0.1) is 0 Å². The molecule has 0 spiro atoms. The summed E-state index contributed by atoms with van der Waals surface area (Å²) in [5.41, 5.74) is 6.97. The molecule has 1 heterocycles. The number of likely N-dealkylation sites (N-methyl/N-ethyl adjacent to an activating group) is 1. The molecule has 0 bridgehead atoms. The zero-order valence-electron chi connectivity index (χ0n) is 11.7. The maximum atomic E-state index is 12.0. The number of likely N-dealkylation sites (tertiary alicyclic amines) is 1. The van der Waals surface area contributed by atoms with E-state index in [0.717, 1.165) is 32.5 Å². The van der Waals surface area contributed by atoms with Gasteiger partial charge in [-0.3, -0.25) is 4.79 Å². The maximum absolute atomic E-state index is 12.0. The van der Waals surface area contributed by atoms with Crippen molar-refractivity contribution in [1.29, 1.82) is 0 Å². The number of nitrogens with two attached hydrogens (primary N) is 1. The molecule has 0 aliphatic carbocycles. The number of nitrogen functional groups attached to an aromatic ring is 1. The third-order valence-electron chi connectivity index (χ3n) is 3.46. The Hall–Kier alpha value is -0.970. The van der Waals surface area contributed by atoms with Crippen LogP contribution in [0.4, 0.5) is 5.69 Å². The summed E-state index contributed by atoms with van der Waals surface area (Å²) < 4.78 is 0. The van der Waals surface area contributed by atoms with E-state index < -0.39 is 0 Å². The largest absolute Gasteiger partial charge is 0.399 e. The second-order valence-corrected chi connectivity index (χ2v) is 4.83. The number of hydrogen-bond acceptors (Lipinski definition) is 3. The summed E-state index contributed by atoms with van der Waals surface area (Å²) >= 11 is 0. The lowest BCUT2D eigenvalue weighted by Crippen LogP contribution is -2.47. The number of halogens is 2. The number of carbonyl (C=O) groups is 1. The number of hydrogen-bond donors (Lipinski definition) is 2. The van der Waals surface area contributed by atoms with Gasteiger partial charge in [0, 0.05) is 23.8 Å². The van der Waals surface area contributed by atoms with Crippen LogP contribution in [0.2, 0.25) is 0 Å². The molecule has 1 aliphatic heterocycles. The molecule has 1 atom stereocenters. The van der Waals surface area contributed by atoms with Crippen molar-refractivity contribution in [3.05, 3.63) is 29.8 Å². The van der Waals surface area contributed by atoms with Gasteiger partial charge >= 0.3 is 0 Å². The van der Waals surface area contributed by atoms with E-state index in [4.69, 9.17) is 5.73 Å². The minimum atomic E-state index is -0.00190. The third-order valence-corrected chi connectivity index (χ3v) is 3.46. The standard InChI is InChI=1S/C14H21N3O.2ClH/c1-2-17-9-3-4-13(10-17)16-14(18)11-5-7-12(15)8-6-11;;/h5-8,13H,2-4,9-10,15H2,1H3,(H,16,18);2*1H. The molecule has 1 saturated heterocycles. The van der Waals surface area contributed by atoms with E-state index >= 15 is 0 Å². The van der Waals surface area contributed by atoms with Crippen LogP contribution >= 0.6 is 24.8 Å². The number of amides is 1. The van der Waals surface area contributed by atoms with E-state index in [1.807, 2.05) is 0 Å². The Morgan fingerprint density at radius 2 is 2.00 bits per heavy atom. The summed E-state index contributed by atoms with van der Waals surface area (Å²) in [6.07, 6.45) is 2.22. The molecule has 6 heteroatoms. The molecular weight excluding hydrogens is 297 g/mol. The van der Waals surface area contributed by atoms with Gasteiger partial charge < -0.3 is 16.0 Å². The highest BCUT2D eigenvalue weighted by atomic mass is 35.5. The van der Waals surface area contributed by atoms with E-state index in [-0.39, 0.29) is 36.8 Å². The van der Waals surface area contributed by atoms with Crippen molar-refractivity contribution in [2.24, 2.45) is 0 Å². The molecular formula is C14H23Cl2N3O. The van der Waals surface area contributed by atoms with Crippen molar-refractivity contribution in [3.8, 4) is 0 Å². The lowest BCUT2D eigenvalue weighted by Gasteiger charge is -2.32. The van der Waals surface area contributed by atoms with Crippen LogP contribution in [0.3, 0.4) is 0 Å². The molecule has 1 fully saturated rings. The van der Waals surface area contributed by atoms with Crippen molar-refractivity contribution in [1.82, 2.24) is 10.2 Å². The molecule has 0 radical (unpaired) electrons. The van der Waals surface area contributed by atoms with Crippen LogP contribution in [0.1, 0.15) is 30.1 Å². The van der Waals surface area contributed by atoms with Gasteiger partial charge in [-0.15, -0.1) is 24.8 Å². The highest BCUT2D eigenvalue weighted by Crippen LogP contribution is 2.11. The van der Waals surface area contributed by atoms with Gasteiger partial charge in [0.25, 0.3) is 5.91 Å². The molecule has 0 saturated carbocycles. The lowest BCUT2D eigenvalue weighted by atomic mass is 10.1. The smallest absolute Gasteiger partial charge is 0.251 e. The molecule has 1 unspecified atom stereocenters. The SMILES string of the molecule is CCN1CCCC(NC(=O)c2ccc(N)cc2)C1.Cl.Cl. The molecule has 4 nitrogen and oxygen atoms in total. The Balaban J connectivity index is 0.00000180. The van der Waals surface area contributed by atoms with Crippen LogP contribution in [0.25, 0.3) is 0 Å². The van der Waals surface area contributed by atoms with Gasteiger partial charge in [-0.05, 0) is 50.2 Å². The fraction of sp³-hybridized carbons (Fsp3) is 0.500. The Bertz CT molecular complexity index is 411.